The summed E-state index contributed by atoms with van der Waals surface area (Å²) in [4.78, 5) is 11.7. The Morgan fingerprint density at radius 1 is 1.31 bits per heavy atom. The number of hydrogen-bond acceptors (Lipinski definition) is 5. The Hall–Kier alpha value is -1.91. The first-order valence-electron chi connectivity index (χ1n) is 3.71. The highest BCUT2D eigenvalue weighted by Crippen LogP contribution is 2.06. The van der Waals surface area contributed by atoms with Crippen LogP contribution in [-0.2, 0) is 6.61 Å². The predicted molar refractivity (Wildman–Crippen MR) is 42.9 cm³/mol. The molecule has 2 heterocycles. The summed E-state index contributed by atoms with van der Waals surface area (Å²) in [5.74, 6) is 0.450. The molecule has 0 radical (unpaired) electrons. The third kappa shape index (κ3) is 2.02. The van der Waals surface area contributed by atoms with Gasteiger partial charge in [0.15, 0.2) is 12.7 Å². The van der Waals surface area contributed by atoms with E-state index in [0.29, 0.717) is 12.5 Å². The Kier molecular flexibility index (Phi) is 2.18. The van der Waals surface area contributed by atoms with Crippen LogP contribution in [0.25, 0.3) is 0 Å². The summed E-state index contributed by atoms with van der Waals surface area (Å²) >= 11 is 0. The van der Waals surface area contributed by atoms with Crippen molar-refractivity contribution in [1.82, 2.24) is 15.0 Å². The first kappa shape index (κ1) is 7.72. The third-order valence-corrected chi connectivity index (χ3v) is 1.39. The molecule has 0 aliphatic heterocycles. The van der Waals surface area contributed by atoms with E-state index in [9.17, 15) is 0 Å². The Bertz CT molecular complexity index is 347. The van der Waals surface area contributed by atoms with Gasteiger partial charge in [-0.25, -0.2) is 0 Å². The van der Waals surface area contributed by atoms with Crippen molar-refractivity contribution in [2.75, 3.05) is 0 Å². The average Bonchev–Trinajstić information content (AvgIpc) is 2.69. The minimum absolute atomic E-state index is 0.348. The highest BCUT2D eigenvalue weighted by molar-refractivity contribution is 5.00. The van der Waals surface area contributed by atoms with E-state index in [0.717, 1.165) is 5.69 Å². The molecular weight excluding hydrogens is 170 g/mol. The van der Waals surface area contributed by atoms with Gasteiger partial charge in [-0.2, -0.15) is 4.98 Å². The molecule has 0 saturated carbocycles. The number of nitrogens with zero attached hydrogens (tertiary/aromatic N) is 3. The summed E-state index contributed by atoms with van der Waals surface area (Å²) in [5, 5.41) is 0. The number of oxazole rings is 1. The molecule has 0 bridgehead atoms. The maximum Gasteiger partial charge on any atom is 0.253 e. The number of ether oxygens (including phenoxy) is 1. The SMILES string of the molecule is c1cnc(COc2cocn2)cn1. The van der Waals surface area contributed by atoms with E-state index in [1.165, 1.54) is 12.7 Å². The molecule has 0 aliphatic carbocycles. The molecule has 5 nitrogen and oxygen atoms in total. The van der Waals surface area contributed by atoms with Gasteiger partial charge in [0.05, 0.1) is 11.9 Å². The van der Waals surface area contributed by atoms with Crippen molar-refractivity contribution >= 4 is 0 Å². The van der Waals surface area contributed by atoms with Gasteiger partial charge in [-0.3, -0.25) is 9.97 Å². The van der Waals surface area contributed by atoms with E-state index < -0.39 is 0 Å². The molecule has 2 rings (SSSR count). The minimum Gasteiger partial charge on any atom is -0.469 e. The Labute approximate surface area is 74.4 Å². The Balaban J connectivity index is 1.94. The van der Waals surface area contributed by atoms with Gasteiger partial charge in [0, 0.05) is 12.4 Å². The van der Waals surface area contributed by atoms with Gasteiger partial charge in [0.25, 0.3) is 5.88 Å². The second-order valence-corrected chi connectivity index (χ2v) is 2.31. The molecule has 2 aromatic rings. The first-order chi connectivity index (χ1) is 6.45. The fourth-order valence-corrected chi connectivity index (χ4v) is 0.825. The van der Waals surface area contributed by atoms with Crippen molar-refractivity contribution in [1.29, 1.82) is 0 Å². The van der Waals surface area contributed by atoms with E-state index in [1.807, 2.05) is 0 Å². The number of rotatable bonds is 3. The highest BCUT2D eigenvalue weighted by atomic mass is 16.5. The van der Waals surface area contributed by atoms with Gasteiger partial charge >= 0.3 is 0 Å². The van der Waals surface area contributed by atoms with Crippen LogP contribution in [0.5, 0.6) is 5.88 Å². The van der Waals surface area contributed by atoms with Gasteiger partial charge in [0.2, 0.25) is 0 Å². The fraction of sp³-hybridized carbons (Fsp3) is 0.125. The summed E-state index contributed by atoms with van der Waals surface area (Å²) in [7, 11) is 0. The standard InChI is InChI=1S/C8H7N3O2/c1-2-10-7(3-9-1)4-13-8-5-12-6-11-8/h1-3,5-6H,4H2. The van der Waals surface area contributed by atoms with Crippen molar-refractivity contribution < 1.29 is 9.15 Å². The molecule has 66 valence electrons. The van der Waals surface area contributed by atoms with E-state index in [-0.39, 0.29) is 0 Å². The lowest BCUT2D eigenvalue weighted by molar-refractivity contribution is 0.288. The van der Waals surface area contributed by atoms with Crippen LogP contribution in [0.3, 0.4) is 0 Å². The highest BCUT2D eigenvalue weighted by Gasteiger charge is 1.97. The van der Waals surface area contributed by atoms with Gasteiger partial charge in [-0.1, -0.05) is 0 Å². The molecular formula is C8H7N3O2. The molecule has 0 fully saturated rings. The summed E-state index contributed by atoms with van der Waals surface area (Å²) in [6.07, 6.45) is 7.60. The van der Waals surface area contributed by atoms with Crippen LogP contribution in [0.2, 0.25) is 0 Å². The number of hydrogen-bond donors (Lipinski definition) is 0. The zero-order valence-electron chi connectivity index (χ0n) is 6.75. The second-order valence-electron chi connectivity index (χ2n) is 2.31. The zero-order valence-corrected chi connectivity index (χ0v) is 6.75. The van der Waals surface area contributed by atoms with Crippen LogP contribution in [0, 0.1) is 0 Å². The average molecular weight is 177 g/mol. The van der Waals surface area contributed by atoms with Gasteiger partial charge in [-0.15, -0.1) is 0 Å². The molecule has 0 aliphatic rings. The van der Waals surface area contributed by atoms with E-state index in [4.69, 9.17) is 9.15 Å². The van der Waals surface area contributed by atoms with Crippen molar-refractivity contribution in [2.24, 2.45) is 0 Å². The van der Waals surface area contributed by atoms with Crippen molar-refractivity contribution in [3.63, 3.8) is 0 Å². The van der Waals surface area contributed by atoms with Crippen LogP contribution in [0.4, 0.5) is 0 Å². The maximum atomic E-state index is 5.22. The molecule has 0 amide bonds. The Morgan fingerprint density at radius 3 is 3.00 bits per heavy atom. The normalized spacial score (nSPS) is 9.85. The van der Waals surface area contributed by atoms with Gasteiger partial charge in [0.1, 0.15) is 6.61 Å². The Morgan fingerprint density at radius 2 is 2.31 bits per heavy atom. The summed E-state index contributed by atoms with van der Waals surface area (Å²) in [5.41, 5.74) is 0.755. The van der Waals surface area contributed by atoms with Crippen LogP contribution >= 0.6 is 0 Å². The van der Waals surface area contributed by atoms with Crippen LogP contribution in [-0.4, -0.2) is 15.0 Å². The smallest absolute Gasteiger partial charge is 0.253 e. The predicted octanol–water partition coefficient (Wildman–Crippen LogP) is 1.04. The topological polar surface area (TPSA) is 61.0 Å². The van der Waals surface area contributed by atoms with E-state index in [2.05, 4.69) is 15.0 Å². The van der Waals surface area contributed by atoms with Gasteiger partial charge in [-0.05, 0) is 0 Å². The third-order valence-electron chi connectivity index (χ3n) is 1.39. The summed E-state index contributed by atoms with van der Waals surface area (Å²) in [6, 6.07) is 0. The molecule has 5 heteroatoms. The lowest BCUT2D eigenvalue weighted by Gasteiger charge is -1.99. The largest absolute Gasteiger partial charge is 0.469 e. The number of aromatic nitrogens is 3. The minimum atomic E-state index is 0.348. The molecule has 13 heavy (non-hydrogen) atoms. The molecule has 2 aromatic heterocycles. The first-order valence-corrected chi connectivity index (χ1v) is 3.71. The molecule has 0 spiro atoms. The van der Waals surface area contributed by atoms with Crippen LogP contribution in [0.1, 0.15) is 5.69 Å². The molecule has 0 atom stereocenters. The monoisotopic (exact) mass is 177 g/mol. The van der Waals surface area contributed by atoms with Crippen LogP contribution in [0.15, 0.2) is 35.7 Å². The zero-order chi connectivity index (χ0) is 8.93. The molecule has 0 saturated heterocycles. The molecule has 0 unspecified atom stereocenters. The molecule has 0 N–H and O–H groups in total. The summed E-state index contributed by atoms with van der Waals surface area (Å²) < 4.78 is 9.96. The van der Waals surface area contributed by atoms with Crippen molar-refractivity contribution in [3.8, 4) is 5.88 Å². The van der Waals surface area contributed by atoms with E-state index >= 15 is 0 Å². The van der Waals surface area contributed by atoms with Gasteiger partial charge < -0.3 is 9.15 Å². The lowest BCUT2D eigenvalue weighted by Crippen LogP contribution is -1.98. The van der Waals surface area contributed by atoms with E-state index in [1.54, 1.807) is 18.6 Å². The fourth-order valence-electron chi connectivity index (χ4n) is 0.825. The van der Waals surface area contributed by atoms with Crippen molar-refractivity contribution in [3.05, 3.63) is 36.9 Å². The molecule has 0 aromatic carbocycles. The van der Waals surface area contributed by atoms with Crippen molar-refractivity contribution in [2.45, 2.75) is 6.61 Å². The quantitative estimate of drug-likeness (QED) is 0.701. The maximum absolute atomic E-state index is 5.22. The van der Waals surface area contributed by atoms with Crippen LogP contribution < -0.4 is 4.74 Å². The summed E-state index contributed by atoms with van der Waals surface area (Å²) in [6.45, 7) is 0.348. The lowest BCUT2D eigenvalue weighted by atomic mass is 10.5. The second kappa shape index (κ2) is 3.66.